The smallest absolute Gasteiger partial charge is 0.401 e. The summed E-state index contributed by atoms with van der Waals surface area (Å²) in [6.07, 6.45) is -2.01. The van der Waals surface area contributed by atoms with Crippen molar-refractivity contribution in [3.63, 3.8) is 0 Å². The molecule has 0 radical (unpaired) electrons. The molecule has 1 aromatic carbocycles. The van der Waals surface area contributed by atoms with Crippen molar-refractivity contribution in [2.75, 3.05) is 26.2 Å². The third-order valence-electron chi connectivity index (χ3n) is 4.60. The fraction of sp³-hybridized carbons (Fsp3) is 0.556. The second kappa shape index (κ2) is 9.59. The van der Waals surface area contributed by atoms with Crippen LogP contribution in [0.1, 0.15) is 35.2 Å². The molecule has 0 spiro atoms. The van der Waals surface area contributed by atoms with Crippen LogP contribution in [0.15, 0.2) is 24.3 Å². The van der Waals surface area contributed by atoms with Crippen LogP contribution in [0, 0.1) is 5.92 Å². The first-order valence-electron chi connectivity index (χ1n) is 8.86. The maximum Gasteiger partial charge on any atom is 0.401 e. The van der Waals surface area contributed by atoms with Gasteiger partial charge in [-0.05, 0) is 56.0 Å². The number of amides is 2. The van der Waals surface area contributed by atoms with E-state index >= 15 is 0 Å². The number of rotatable bonds is 7. The molecule has 0 aliphatic carbocycles. The van der Waals surface area contributed by atoms with E-state index in [1.807, 2.05) is 0 Å². The lowest BCUT2D eigenvalue weighted by atomic mass is 9.93. The Hall–Kier alpha value is -2.29. The van der Waals surface area contributed by atoms with E-state index in [-0.39, 0.29) is 18.1 Å². The third-order valence-corrected chi connectivity index (χ3v) is 4.60. The topological polar surface area (TPSA) is 81.7 Å². The number of carbonyl (C=O) groups excluding carboxylic acids is 1. The highest BCUT2D eigenvalue weighted by atomic mass is 19.4. The van der Waals surface area contributed by atoms with Gasteiger partial charge in [-0.1, -0.05) is 12.1 Å². The Bertz CT molecular complexity index is 627. The number of alkyl halides is 3. The second-order valence-electron chi connectivity index (χ2n) is 6.73. The van der Waals surface area contributed by atoms with E-state index in [4.69, 9.17) is 5.11 Å². The molecule has 0 saturated carbocycles. The summed E-state index contributed by atoms with van der Waals surface area (Å²) in [5.74, 6) is -0.685. The number of likely N-dealkylation sites (tertiary alicyclic amines) is 1. The van der Waals surface area contributed by atoms with E-state index in [1.165, 1.54) is 17.0 Å². The van der Waals surface area contributed by atoms with E-state index in [0.717, 1.165) is 12.0 Å². The van der Waals surface area contributed by atoms with Gasteiger partial charge in [0.25, 0.3) is 0 Å². The normalized spacial score (nSPS) is 16.1. The van der Waals surface area contributed by atoms with Gasteiger partial charge in [0.1, 0.15) is 0 Å². The average molecular weight is 387 g/mol. The molecular formula is C18H24F3N3O3. The summed E-state index contributed by atoms with van der Waals surface area (Å²) < 4.78 is 37.1. The molecule has 1 fully saturated rings. The maximum atomic E-state index is 12.4. The van der Waals surface area contributed by atoms with E-state index < -0.39 is 18.7 Å². The number of halogens is 3. The number of carbonyl (C=O) groups is 2. The first kappa shape index (κ1) is 21.0. The van der Waals surface area contributed by atoms with Gasteiger partial charge in [0.2, 0.25) is 0 Å². The number of hydrogen-bond acceptors (Lipinski definition) is 3. The van der Waals surface area contributed by atoms with Gasteiger partial charge in [-0.2, -0.15) is 13.2 Å². The summed E-state index contributed by atoms with van der Waals surface area (Å²) in [5, 5.41) is 14.3. The van der Waals surface area contributed by atoms with Crippen LogP contribution in [-0.2, 0) is 6.54 Å². The summed E-state index contributed by atoms with van der Waals surface area (Å²) >= 11 is 0. The van der Waals surface area contributed by atoms with E-state index in [0.29, 0.717) is 38.4 Å². The molecule has 0 bridgehead atoms. The van der Waals surface area contributed by atoms with E-state index in [2.05, 4.69) is 10.6 Å². The Morgan fingerprint density at radius 1 is 1.11 bits per heavy atom. The number of nitrogens with zero attached hydrogens (tertiary/aromatic N) is 1. The van der Waals surface area contributed by atoms with Gasteiger partial charge in [0.05, 0.1) is 12.1 Å². The zero-order valence-electron chi connectivity index (χ0n) is 14.9. The SMILES string of the molecule is O=C(NCCC1CCN(CC(F)(F)F)CC1)NCc1ccc(C(=O)O)cc1. The number of piperidine rings is 1. The van der Waals surface area contributed by atoms with Crippen molar-refractivity contribution in [1.29, 1.82) is 0 Å². The molecule has 3 N–H and O–H groups in total. The van der Waals surface area contributed by atoms with Gasteiger partial charge in [0.15, 0.2) is 0 Å². The fourth-order valence-corrected chi connectivity index (χ4v) is 3.09. The van der Waals surface area contributed by atoms with Gasteiger partial charge >= 0.3 is 18.2 Å². The average Bonchev–Trinajstić information content (AvgIpc) is 2.60. The molecule has 1 aromatic rings. The number of carboxylic acids is 1. The first-order chi connectivity index (χ1) is 12.7. The minimum atomic E-state index is -4.15. The summed E-state index contributed by atoms with van der Waals surface area (Å²) in [7, 11) is 0. The van der Waals surface area contributed by atoms with Crippen LogP contribution in [0.5, 0.6) is 0 Å². The van der Waals surface area contributed by atoms with Crippen LogP contribution in [0.2, 0.25) is 0 Å². The van der Waals surface area contributed by atoms with Crippen LogP contribution >= 0.6 is 0 Å². The van der Waals surface area contributed by atoms with Crippen molar-refractivity contribution in [3.05, 3.63) is 35.4 Å². The predicted octanol–water partition coefficient (Wildman–Crippen LogP) is 2.85. The first-order valence-corrected chi connectivity index (χ1v) is 8.86. The van der Waals surface area contributed by atoms with Gasteiger partial charge in [0, 0.05) is 13.1 Å². The molecular weight excluding hydrogens is 363 g/mol. The van der Waals surface area contributed by atoms with Gasteiger partial charge in [-0.3, -0.25) is 4.90 Å². The fourth-order valence-electron chi connectivity index (χ4n) is 3.09. The predicted molar refractivity (Wildman–Crippen MR) is 93.5 cm³/mol. The zero-order valence-corrected chi connectivity index (χ0v) is 14.9. The van der Waals surface area contributed by atoms with Crippen molar-refractivity contribution < 1.29 is 27.9 Å². The molecule has 1 aliphatic rings. The summed E-state index contributed by atoms with van der Waals surface area (Å²) in [4.78, 5) is 24.0. The second-order valence-corrected chi connectivity index (χ2v) is 6.73. The maximum absolute atomic E-state index is 12.4. The summed E-state index contributed by atoms with van der Waals surface area (Å²) in [5.41, 5.74) is 0.969. The highest BCUT2D eigenvalue weighted by Gasteiger charge is 2.32. The Balaban J connectivity index is 1.59. The number of benzene rings is 1. The molecule has 150 valence electrons. The number of urea groups is 1. The number of hydrogen-bond donors (Lipinski definition) is 3. The Morgan fingerprint density at radius 2 is 1.74 bits per heavy atom. The number of carboxylic acid groups (broad SMARTS) is 1. The zero-order chi connectivity index (χ0) is 19.9. The molecule has 1 saturated heterocycles. The van der Waals surface area contributed by atoms with Crippen molar-refractivity contribution in [3.8, 4) is 0 Å². The van der Waals surface area contributed by atoms with Crippen LogP contribution in [-0.4, -0.2) is 54.4 Å². The highest BCUT2D eigenvalue weighted by molar-refractivity contribution is 5.87. The van der Waals surface area contributed by atoms with E-state index in [9.17, 15) is 22.8 Å². The van der Waals surface area contributed by atoms with Crippen LogP contribution in [0.25, 0.3) is 0 Å². The molecule has 0 aromatic heterocycles. The monoisotopic (exact) mass is 387 g/mol. The molecule has 27 heavy (non-hydrogen) atoms. The number of aromatic carboxylic acids is 1. The summed E-state index contributed by atoms with van der Waals surface area (Å²) in [6, 6.07) is 5.90. The molecule has 2 amide bonds. The quantitative estimate of drug-likeness (QED) is 0.672. The molecule has 6 nitrogen and oxygen atoms in total. The standard InChI is InChI=1S/C18H24F3N3O3/c19-18(20,21)12-24-9-6-13(7-10-24)5-8-22-17(27)23-11-14-1-3-15(4-2-14)16(25)26/h1-4,13H,5-12H2,(H,25,26)(H2,22,23,27). The van der Waals surface area contributed by atoms with Crippen LogP contribution in [0.3, 0.4) is 0 Å². The molecule has 1 heterocycles. The Kier molecular flexibility index (Phi) is 7.46. The lowest BCUT2D eigenvalue weighted by Crippen LogP contribution is -2.41. The van der Waals surface area contributed by atoms with Crippen molar-refractivity contribution in [2.24, 2.45) is 5.92 Å². The largest absolute Gasteiger partial charge is 0.478 e. The van der Waals surface area contributed by atoms with Gasteiger partial charge < -0.3 is 15.7 Å². The minimum Gasteiger partial charge on any atom is -0.478 e. The molecule has 1 aliphatic heterocycles. The molecule has 0 atom stereocenters. The van der Waals surface area contributed by atoms with Crippen molar-refractivity contribution in [2.45, 2.75) is 32.0 Å². The van der Waals surface area contributed by atoms with Gasteiger partial charge in [-0.25, -0.2) is 9.59 Å². The summed E-state index contributed by atoms with van der Waals surface area (Å²) in [6.45, 7) is 0.758. The molecule has 0 unspecified atom stereocenters. The van der Waals surface area contributed by atoms with Crippen LogP contribution < -0.4 is 10.6 Å². The minimum absolute atomic E-state index is 0.185. The molecule has 2 rings (SSSR count). The Labute approximate surface area is 155 Å². The Morgan fingerprint density at radius 3 is 2.30 bits per heavy atom. The van der Waals surface area contributed by atoms with Crippen molar-refractivity contribution >= 4 is 12.0 Å². The van der Waals surface area contributed by atoms with Gasteiger partial charge in [-0.15, -0.1) is 0 Å². The third kappa shape index (κ3) is 7.86. The lowest BCUT2D eigenvalue weighted by molar-refractivity contribution is -0.148. The van der Waals surface area contributed by atoms with Crippen molar-refractivity contribution in [1.82, 2.24) is 15.5 Å². The number of nitrogens with one attached hydrogen (secondary N) is 2. The molecule has 9 heteroatoms. The van der Waals surface area contributed by atoms with Crippen LogP contribution in [0.4, 0.5) is 18.0 Å². The van der Waals surface area contributed by atoms with E-state index in [1.54, 1.807) is 12.1 Å². The lowest BCUT2D eigenvalue weighted by Gasteiger charge is -2.32. The highest BCUT2D eigenvalue weighted by Crippen LogP contribution is 2.23.